The number of hydrogen-bond acceptors (Lipinski definition) is 3. The number of halogens is 1. The fourth-order valence-corrected chi connectivity index (χ4v) is 3.37. The molecule has 16 heavy (non-hydrogen) atoms. The average Bonchev–Trinajstić information content (AvgIpc) is 2.71. The molecule has 0 aliphatic carbocycles. The van der Waals surface area contributed by atoms with Gasteiger partial charge in [0.05, 0.1) is 11.6 Å². The standard InChI is InChI=1S/C12H20BrNOS/c1-5-12(3,15-4)11(14-6-2)9-7-16-8-10(9)13/h7-8,11,14H,5-6H2,1-4H3. The highest BCUT2D eigenvalue weighted by Crippen LogP contribution is 2.37. The van der Waals surface area contributed by atoms with E-state index in [1.54, 1.807) is 18.4 Å². The summed E-state index contributed by atoms with van der Waals surface area (Å²) < 4.78 is 6.87. The highest BCUT2D eigenvalue weighted by molar-refractivity contribution is 9.10. The summed E-state index contributed by atoms with van der Waals surface area (Å²) in [6, 6.07) is 0.230. The third kappa shape index (κ3) is 2.86. The molecular formula is C12H20BrNOS. The molecule has 1 rings (SSSR count). The average molecular weight is 306 g/mol. The molecular weight excluding hydrogens is 286 g/mol. The second-order valence-electron chi connectivity index (χ2n) is 4.04. The van der Waals surface area contributed by atoms with Gasteiger partial charge in [0.15, 0.2) is 0 Å². The van der Waals surface area contributed by atoms with Gasteiger partial charge in [-0.3, -0.25) is 0 Å². The molecule has 0 saturated carbocycles. The van der Waals surface area contributed by atoms with Crippen LogP contribution in [0, 0.1) is 0 Å². The molecule has 1 aromatic rings. The summed E-state index contributed by atoms with van der Waals surface area (Å²) in [5, 5.41) is 7.82. The molecule has 1 N–H and O–H groups in total. The lowest BCUT2D eigenvalue weighted by Gasteiger charge is -2.36. The fourth-order valence-electron chi connectivity index (χ4n) is 1.82. The smallest absolute Gasteiger partial charge is 0.0842 e. The van der Waals surface area contributed by atoms with E-state index < -0.39 is 0 Å². The zero-order chi connectivity index (χ0) is 12.2. The third-order valence-corrected chi connectivity index (χ3v) is 4.89. The Kier molecular flexibility index (Phi) is 5.44. The number of rotatable bonds is 6. The predicted molar refractivity (Wildman–Crippen MR) is 74.1 cm³/mol. The fraction of sp³-hybridized carbons (Fsp3) is 0.667. The minimum atomic E-state index is -0.167. The topological polar surface area (TPSA) is 21.3 Å². The Hall–Kier alpha value is 0.1000. The van der Waals surface area contributed by atoms with Gasteiger partial charge in [-0.2, -0.15) is 11.3 Å². The van der Waals surface area contributed by atoms with E-state index in [1.807, 2.05) is 0 Å². The summed E-state index contributed by atoms with van der Waals surface area (Å²) in [6.45, 7) is 7.38. The Morgan fingerprint density at radius 1 is 1.50 bits per heavy atom. The van der Waals surface area contributed by atoms with Crippen LogP contribution >= 0.6 is 27.3 Å². The maximum atomic E-state index is 5.70. The zero-order valence-electron chi connectivity index (χ0n) is 10.3. The summed E-state index contributed by atoms with van der Waals surface area (Å²) in [6.07, 6.45) is 0.976. The molecule has 92 valence electrons. The lowest BCUT2D eigenvalue weighted by molar-refractivity contribution is -0.0296. The molecule has 0 radical (unpaired) electrons. The monoisotopic (exact) mass is 305 g/mol. The van der Waals surface area contributed by atoms with Crippen molar-refractivity contribution in [2.75, 3.05) is 13.7 Å². The SMILES string of the molecule is CCNC(c1cscc1Br)C(C)(CC)OC. The van der Waals surface area contributed by atoms with Gasteiger partial charge in [0, 0.05) is 17.0 Å². The molecule has 2 atom stereocenters. The Morgan fingerprint density at radius 3 is 2.56 bits per heavy atom. The van der Waals surface area contributed by atoms with E-state index in [-0.39, 0.29) is 11.6 Å². The quantitative estimate of drug-likeness (QED) is 0.858. The van der Waals surface area contributed by atoms with Gasteiger partial charge >= 0.3 is 0 Å². The van der Waals surface area contributed by atoms with Crippen LogP contribution in [0.3, 0.4) is 0 Å². The van der Waals surface area contributed by atoms with Crippen molar-refractivity contribution in [2.45, 2.75) is 38.8 Å². The van der Waals surface area contributed by atoms with Gasteiger partial charge in [-0.15, -0.1) is 0 Å². The van der Waals surface area contributed by atoms with Crippen molar-refractivity contribution < 1.29 is 4.74 Å². The molecule has 0 spiro atoms. The molecule has 1 aromatic heterocycles. The summed E-state index contributed by atoms with van der Waals surface area (Å²) >= 11 is 5.32. The largest absolute Gasteiger partial charge is 0.377 e. The van der Waals surface area contributed by atoms with E-state index in [1.165, 1.54) is 10.0 Å². The first-order valence-electron chi connectivity index (χ1n) is 5.59. The van der Waals surface area contributed by atoms with Crippen molar-refractivity contribution in [1.82, 2.24) is 5.32 Å². The maximum absolute atomic E-state index is 5.70. The highest BCUT2D eigenvalue weighted by Gasteiger charge is 2.34. The molecule has 0 bridgehead atoms. The number of likely N-dealkylation sites (N-methyl/N-ethyl adjacent to an activating group) is 1. The Labute approximate surface area is 111 Å². The van der Waals surface area contributed by atoms with Crippen molar-refractivity contribution in [2.24, 2.45) is 0 Å². The van der Waals surface area contributed by atoms with Gasteiger partial charge in [0.25, 0.3) is 0 Å². The van der Waals surface area contributed by atoms with Gasteiger partial charge in [0.1, 0.15) is 0 Å². The van der Waals surface area contributed by atoms with E-state index in [0.717, 1.165) is 13.0 Å². The summed E-state index contributed by atoms with van der Waals surface area (Å²) in [4.78, 5) is 0. The molecule has 0 aliphatic rings. The normalized spacial score (nSPS) is 17.1. The first-order chi connectivity index (χ1) is 7.59. The first-order valence-corrected chi connectivity index (χ1v) is 7.32. The minimum Gasteiger partial charge on any atom is -0.377 e. The van der Waals surface area contributed by atoms with Crippen molar-refractivity contribution in [3.05, 3.63) is 20.8 Å². The van der Waals surface area contributed by atoms with Crippen LogP contribution in [0.25, 0.3) is 0 Å². The van der Waals surface area contributed by atoms with Crippen molar-refractivity contribution in [3.63, 3.8) is 0 Å². The molecule has 2 nitrogen and oxygen atoms in total. The third-order valence-electron chi connectivity index (χ3n) is 3.14. The number of thiophene rings is 1. The van der Waals surface area contributed by atoms with Crippen molar-refractivity contribution in [3.8, 4) is 0 Å². The van der Waals surface area contributed by atoms with Crippen LogP contribution < -0.4 is 5.32 Å². The lowest BCUT2D eigenvalue weighted by atomic mass is 9.89. The minimum absolute atomic E-state index is 0.167. The number of hydrogen-bond donors (Lipinski definition) is 1. The number of methoxy groups -OCH3 is 1. The van der Waals surface area contributed by atoms with Crippen LogP contribution in [0.15, 0.2) is 15.2 Å². The second-order valence-corrected chi connectivity index (χ2v) is 5.63. The first kappa shape index (κ1) is 14.2. The summed E-state index contributed by atoms with van der Waals surface area (Å²) in [5.74, 6) is 0. The lowest BCUT2D eigenvalue weighted by Crippen LogP contribution is -2.42. The van der Waals surface area contributed by atoms with Crippen LogP contribution in [0.4, 0.5) is 0 Å². The van der Waals surface area contributed by atoms with Crippen LogP contribution in [-0.2, 0) is 4.74 Å². The van der Waals surface area contributed by atoms with E-state index in [4.69, 9.17) is 4.74 Å². The number of nitrogens with one attached hydrogen (secondary N) is 1. The highest BCUT2D eigenvalue weighted by atomic mass is 79.9. The van der Waals surface area contributed by atoms with Gasteiger partial charge in [-0.25, -0.2) is 0 Å². The Bertz CT molecular complexity index is 323. The van der Waals surface area contributed by atoms with Gasteiger partial charge in [-0.05, 0) is 46.8 Å². The van der Waals surface area contributed by atoms with E-state index in [2.05, 4.69) is 52.8 Å². The zero-order valence-corrected chi connectivity index (χ0v) is 12.7. The molecule has 2 unspecified atom stereocenters. The Morgan fingerprint density at radius 2 is 2.19 bits per heavy atom. The van der Waals surface area contributed by atoms with Gasteiger partial charge < -0.3 is 10.1 Å². The Balaban J connectivity index is 3.03. The van der Waals surface area contributed by atoms with Gasteiger partial charge in [-0.1, -0.05) is 13.8 Å². The predicted octanol–water partition coefficient (Wildman–Crippen LogP) is 3.98. The van der Waals surface area contributed by atoms with Crippen molar-refractivity contribution >= 4 is 27.3 Å². The summed E-state index contributed by atoms with van der Waals surface area (Å²) in [5.41, 5.74) is 1.12. The molecule has 0 fully saturated rings. The van der Waals surface area contributed by atoms with E-state index >= 15 is 0 Å². The van der Waals surface area contributed by atoms with Crippen LogP contribution in [0.5, 0.6) is 0 Å². The second kappa shape index (κ2) is 6.15. The van der Waals surface area contributed by atoms with Gasteiger partial charge in [0.2, 0.25) is 0 Å². The molecule has 0 aromatic carbocycles. The van der Waals surface area contributed by atoms with E-state index in [0.29, 0.717) is 0 Å². The molecule has 0 aliphatic heterocycles. The molecule has 1 heterocycles. The van der Waals surface area contributed by atoms with Crippen LogP contribution in [-0.4, -0.2) is 19.3 Å². The molecule has 0 amide bonds. The molecule has 4 heteroatoms. The van der Waals surface area contributed by atoms with Crippen LogP contribution in [0.1, 0.15) is 38.8 Å². The van der Waals surface area contributed by atoms with Crippen LogP contribution in [0.2, 0.25) is 0 Å². The van der Waals surface area contributed by atoms with Crippen molar-refractivity contribution in [1.29, 1.82) is 0 Å². The molecule has 0 saturated heterocycles. The van der Waals surface area contributed by atoms with E-state index in [9.17, 15) is 0 Å². The summed E-state index contributed by atoms with van der Waals surface area (Å²) in [7, 11) is 1.79. The number of ether oxygens (including phenoxy) is 1. The maximum Gasteiger partial charge on any atom is 0.0842 e.